The van der Waals surface area contributed by atoms with Crippen LogP contribution in [0.5, 0.6) is 5.75 Å². The van der Waals surface area contributed by atoms with Crippen molar-refractivity contribution in [1.29, 1.82) is 0 Å². The summed E-state index contributed by atoms with van der Waals surface area (Å²) >= 11 is 0. The number of phenols is 1. The number of nitrogens with zero attached hydrogens (tertiary/aromatic N) is 4. The number of alkyl halides is 1. The standard InChI is InChI=1S/C37H44FN11O6/c38-13-15-49-21-26(47-48-49)19-31-36(55)44-28(6-3-14-41-37(39)40)34(53)45-29(18-23-7-10-24-4-1-2-5-25(24)16-23)33(52)42-20-32(51)43-30(35(54)46-31)17-22-8-11-27(50)12-9-22/h1-2,4-5,7-12,16,21,28-31,50H,3,6,13-15,17-20H2,(H,42,52)(H,43,51)(H,44,55)(H,45,53)(H,46,54)(H4,39,40,41)/t28-,29-,30+,31-/m0/s1. The first kappa shape index (κ1) is 39.6. The van der Waals surface area contributed by atoms with Crippen LogP contribution in [0.1, 0.15) is 29.7 Å². The van der Waals surface area contributed by atoms with E-state index >= 15 is 0 Å². The van der Waals surface area contributed by atoms with Crippen LogP contribution in [0.3, 0.4) is 0 Å². The predicted molar refractivity (Wildman–Crippen MR) is 200 cm³/mol. The summed E-state index contributed by atoms with van der Waals surface area (Å²) in [6.45, 7) is -1.20. The maximum atomic E-state index is 14.1. The van der Waals surface area contributed by atoms with Crippen molar-refractivity contribution < 1.29 is 33.5 Å². The van der Waals surface area contributed by atoms with Crippen molar-refractivity contribution in [2.75, 3.05) is 19.8 Å². The molecule has 4 aromatic rings. The van der Waals surface area contributed by atoms with Crippen molar-refractivity contribution in [2.24, 2.45) is 16.5 Å². The molecule has 55 heavy (non-hydrogen) atoms. The van der Waals surface area contributed by atoms with Crippen molar-refractivity contribution in [1.82, 2.24) is 41.6 Å². The molecule has 3 aromatic carbocycles. The SMILES string of the molecule is NC(N)=NCCC[C@@H]1NC(=O)[C@H](Cc2cn(CCF)nn2)NC(=O)[C@@H](Cc2ccc(O)cc2)NC(=O)CNC(=O)[C@H](Cc2ccc3ccccc3c2)NC1=O. The molecule has 10 N–H and O–H groups in total. The lowest BCUT2D eigenvalue weighted by Crippen LogP contribution is -2.58. The Morgan fingerprint density at radius 1 is 0.782 bits per heavy atom. The van der Waals surface area contributed by atoms with E-state index in [9.17, 15) is 33.5 Å². The maximum absolute atomic E-state index is 14.1. The van der Waals surface area contributed by atoms with Crippen molar-refractivity contribution >= 4 is 46.3 Å². The van der Waals surface area contributed by atoms with Crippen LogP contribution >= 0.6 is 0 Å². The van der Waals surface area contributed by atoms with Crippen molar-refractivity contribution in [3.8, 4) is 5.75 Å². The van der Waals surface area contributed by atoms with Crippen LogP contribution in [-0.2, 0) is 49.8 Å². The van der Waals surface area contributed by atoms with Gasteiger partial charge in [-0.3, -0.25) is 29.0 Å². The Balaban J connectivity index is 1.49. The molecule has 1 aliphatic heterocycles. The fourth-order valence-electron chi connectivity index (χ4n) is 6.06. The first-order chi connectivity index (χ1) is 26.5. The first-order valence-electron chi connectivity index (χ1n) is 17.7. The fourth-order valence-corrected chi connectivity index (χ4v) is 6.06. The topological polar surface area (TPSA) is 261 Å². The Bertz CT molecular complexity index is 2020. The first-order valence-corrected chi connectivity index (χ1v) is 17.7. The zero-order valence-corrected chi connectivity index (χ0v) is 29.9. The minimum absolute atomic E-state index is 0.00573. The Morgan fingerprint density at radius 3 is 2.11 bits per heavy atom. The molecule has 4 atom stereocenters. The monoisotopic (exact) mass is 757 g/mol. The molecule has 0 radical (unpaired) electrons. The highest BCUT2D eigenvalue weighted by Gasteiger charge is 2.33. The summed E-state index contributed by atoms with van der Waals surface area (Å²) in [4.78, 5) is 72.9. The summed E-state index contributed by atoms with van der Waals surface area (Å²) in [6.07, 6.45) is 1.49. The lowest BCUT2D eigenvalue weighted by atomic mass is 10.0. The number of nitrogens with one attached hydrogen (secondary N) is 5. The van der Waals surface area contributed by atoms with Gasteiger partial charge in [-0.15, -0.1) is 5.10 Å². The van der Waals surface area contributed by atoms with E-state index in [1.54, 1.807) is 12.1 Å². The highest BCUT2D eigenvalue weighted by Crippen LogP contribution is 2.17. The summed E-state index contributed by atoms with van der Waals surface area (Å²) < 4.78 is 14.3. The highest BCUT2D eigenvalue weighted by molar-refractivity contribution is 5.97. The number of fused-ring (bicyclic) bond motifs is 1. The molecule has 0 aliphatic carbocycles. The lowest BCUT2D eigenvalue weighted by Gasteiger charge is -2.26. The molecule has 0 unspecified atom stereocenters. The minimum atomic E-state index is -1.35. The van der Waals surface area contributed by atoms with Gasteiger partial charge in [0.05, 0.1) is 18.8 Å². The van der Waals surface area contributed by atoms with Crippen molar-refractivity contribution in [2.45, 2.75) is 62.8 Å². The number of carbonyl (C=O) groups is 5. The second-order valence-electron chi connectivity index (χ2n) is 13.1. The molecule has 0 spiro atoms. The van der Waals surface area contributed by atoms with Gasteiger partial charge >= 0.3 is 0 Å². The molecule has 1 aliphatic rings. The van der Waals surface area contributed by atoms with E-state index in [1.807, 2.05) is 42.5 Å². The summed E-state index contributed by atoms with van der Waals surface area (Å²) in [5.74, 6) is -3.80. The number of rotatable bonds is 12. The van der Waals surface area contributed by atoms with Crippen LogP contribution in [0, 0.1) is 0 Å². The number of aromatic nitrogens is 3. The zero-order valence-electron chi connectivity index (χ0n) is 29.9. The second-order valence-corrected chi connectivity index (χ2v) is 13.1. The van der Waals surface area contributed by atoms with Crippen molar-refractivity contribution in [3.63, 3.8) is 0 Å². The molecule has 290 valence electrons. The van der Waals surface area contributed by atoms with Crippen LogP contribution < -0.4 is 38.1 Å². The number of aliphatic imine (C=N–C) groups is 1. The van der Waals surface area contributed by atoms with E-state index in [0.29, 0.717) is 5.56 Å². The maximum Gasteiger partial charge on any atom is 0.243 e. The average molecular weight is 758 g/mol. The molecule has 5 amide bonds. The van der Waals surface area contributed by atoms with Gasteiger partial charge < -0.3 is 43.2 Å². The largest absolute Gasteiger partial charge is 0.508 e. The van der Waals surface area contributed by atoms with Gasteiger partial charge in [-0.25, -0.2) is 9.07 Å². The number of benzene rings is 3. The molecular formula is C37H44FN11O6. The minimum Gasteiger partial charge on any atom is -0.508 e. The normalized spacial score (nSPS) is 19.9. The smallest absolute Gasteiger partial charge is 0.243 e. The molecule has 1 saturated heterocycles. The van der Waals surface area contributed by atoms with Gasteiger partial charge in [-0.2, -0.15) is 0 Å². The fraction of sp³-hybridized carbons (Fsp3) is 0.351. The van der Waals surface area contributed by atoms with Gasteiger partial charge in [0.25, 0.3) is 0 Å². The lowest BCUT2D eigenvalue weighted by molar-refractivity contribution is -0.134. The van der Waals surface area contributed by atoms with Gasteiger partial charge in [-0.05, 0) is 46.9 Å². The summed E-state index contributed by atoms with van der Waals surface area (Å²) in [7, 11) is 0. The summed E-state index contributed by atoms with van der Waals surface area (Å²) in [6, 6.07) is 14.2. The Morgan fingerprint density at radius 2 is 1.40 bits per heavy atom. The molecule has 18 heteroatoms. The molecule has 1 fully saturated rings. The third-order valence-corrected chi connectivity index (χ3v) is 8.86. The predicted octanol–water partition coefficient (Wildman–Crippen LogP) is -0.743. The number of guanidine groups is 1. The number of aromatic hydroxyl groups is 1. The van der Waals surface area contributed by atoms with E-state index in [2.05, 4.69) is 41.9 Å². The van der Waals surface area contributed by atoms with Crippen molar-refractivity contribution in [3.05, 3.63) is 89.7 Å². The quantitative estimate of drug-likeness (QED) is 0.0510. The summed E-state index contributed by atoms with van der Waals surface area (Å²) in [5.41, 5.74) is 12.5. The number of hydrogen-bond acceptors (Lipinski definition) is 9. The van der Waals surface area contributed by atoms with E-state index in [4.69, 9.17) is 11.5 Å². The van der Waals surface area contributed by atoms with Crippen LogP contribution in [0.4, 0.5) is 4.39 Å². The molecule has 5 rings (SSSR count). The molecule has 0 saturated carbocycles. The zero-order chi connectivity index (χ0) is 39.3. The molecular weight excluding hydrogens is 713 g/mol. The van der Waals surface area contributed by atoms with E-state index in [1.165, 1.54) is 23.0 Å². The molecule has 0 bridgehead atoms. The number of hydrogen-bond donors (Lipinski definition) is 8. The van der Waals surface area contributed by atoms with Gasteiger partial charge in [-0.1, -0.05) is 59.8 Å². The highest BCUT2D eigenvalue weighted by atomic mass is 19.1. The number of nitrogens with two attached hydrogens (primary N) is 2. The van der Waals surface area contributed by atoms with Crippen LogP contribution in [-0.4, -0.2) is 99.5 Å². The Hall–Kier alpha value is -6.59. The van der Waals surface area contributed by atoms with Gasteiger partial charge in [0, 0.05) is 32.0 Å². The molecule has 17 nitrogen and oxygen atoms in total. The molecule has 1 aromatic heterocycles. The van der Waals surface area contributed by atoms with E-state index in [0.717, 1.165) is 16.3 Å². The van der Waals surface area contributed by atoms with Crippen LogP contribution in [0.25, 0.3) is 10.8 Å². The second kappa shape index (κ2) is 18.9. The summed E-state index contributed by atoms with van der Waals surface area (Å²) in [5, 5.41) is 32.9. The Labute approximate surface area is 315 Å². The molecule has 2 heterocycles. The third kappa shape index (κ3) is 11.7. The van der Waals surface area contributed by atoms with E-state index in [-0.39, 0.29) is 62.6 Å². The number of aryl methyl sites for hydroxylation is 1. The Kier molecular flexibility index (Phi) is 13.6. The third-order valence-electron chi connectivity index (χ3n) is 8.86. The van der Waals surface area contributed by atoms with Crippen LogP contribution in [0.2, 0.25) is 0 Å². The van der Waals surface area contributed by atoms with Gasteiger partial charge in [0.2, 0.25) is 29.5 Å². The van der Waals surface area contributed by atoms with E-state index < -0.39 is 66.9 Å². The number of halogens is 1. The number of carbonyl (C=O) groups excluding carboxylic acids is 5. The average Bonchev–Trinajstić information content (AvgIpc) is 3.61. The van der Waals surface area contributed by atoms with Crippen LogP contribution in [0.15, 0.2) is 77.9 Å². The number of phenolic OH excluding ortho intramolecular Hbond substituents is 1. The van der Waals surface area contributed by atoms with Gasteiger partial charge in [0.15, 0.2) is 5.96 Å². The number of amides is 5. The van der Waals surface area contributed by atoms with Gasteiger partial charge in [0.1, 0.15) is 36.6 Å².